The summed E-state index contributed by atoms with van der Waals surface area (Å²) in [5.41, 5.74) is 3.94. The average molecular weight is 839 g/mol. The number of ether oxygens (including phenoxy) is 2. The Bertz CT molecular complexity index is 2670. The largest absolute Gasteiger partial charge is 0.560 e. The summed E-state index contributed by atoms with van der Waals surface area (Å²) in [6.45, 7) is 5.85. The number of amides is 2. The van der Waals surface area contributed by atoms with Gasteiger partial charge in [0.1, 0.15) is 23.0 Å². The molecule has 11 nitrogen and oxygen atoms in total. The van der Waals surface area contributed by atoms with Gasteiger partial charge in [-0.2, -0.15) is 0 Å². The third kappa shape index (κ3) is 7.69. The summed E-state index contributed by atoms with van der Waals surface area (Å²) in [5.74, 6) is 2.59. The zero-order chi connectivity index (χ0) is 41.3. The number of fused-ring (bicyclic) bond motifs is 6. The first-order chi connectivity index (χ1) is 29.3. The monoisotopic (exact) mass is 838 g/mol. The molecule has 14 heteroatoms. The van der Waals surface area contributed by atoms with Crippen LogP contribution in [-0.2, 0) is 0 Å². The third-order valence-electron chi connectivity index (χ3n) is 11.3. The van der Waals surface area contributed by atoms with Crippen molar-refractivity contribution in [1.82, 2.24) is 9.80 Å². The van der Waals surface area contributed by atoms with Crippen LogP contribution in [0.25, 0.3) is 31.3 Å². The molecule has 5 heterocycles. The van der Waals surface area contributed by atoms with Gasteiger partial charge >= 0.3 is 7.12 Å². The van der Waals surface area contributed by atoms with Gasteiger partial charge in [0.25, 0.3) is 11.8 Å². The van der Waals surface area contributed by atoms with Crippen molar-refractivity contribution in [2.75, 3.05) is 76.4 Å². The Morgan fingerprint density at radius 3 is 1.72 bits per heavy atom. The van der Waals surface area contributed by atoms with Crippen molar-refractivity contribution in [3.05, 3.63) is 125 Å². The van der Waals surface area contributed by atoms with Crippen molar-refractivity contribution >= 4 is 79.3 Å². The molecule has 2 saturated heterocycles. The molecular formula is C46H43BN4O7S2. The highest BCUT2D eigenvalue weighted by Gasteiger charge is 2.33. The summed E-state index contributed by atoms with van der Waals surface area (Å²) in [5, 5.41) is 23.3. The smallest absolute Gasteiger partial charge is 0.531 e. The SMILES string of the molecule is COc1ccc(N2CCN(C(=O)c3cc4c(s3)-c3ccccc3B(O)O4)CC2)cc1.COc1ccc(N2CCN(C(=O)c3cc4cc(O)c5ccccc5c4s3)CC2)cc1. The van der Waals surface area contributed by atoms with Gasteiger partial charge in [-0.05, 0) is 71.6 Å². The van der Waals surface area contributed by atoms with Gasteiger partial charge in [0.15, 0.2) is 0 Å². The molecule has 10 rings (SSSR count). The van der Waals surface area contributed by atoms with Crippen molar-refractivity contribution in [3.63, 3.8) is 0 Å². The fraction of sp³-hybridized carbons (Fsp3) is 0.217. The molecule has 304 valence electrons. The molecule has 0 spiro atoms. The van der Waals surface area contributed by atoms with Crippen LogP contribution in [0.1, 0.15) is 19.3 Å². The molecular weight excluding hydrogens is 795 g/mol. The number of phenolic OH excluding ortho intramolecular Hbond substituents is 1. The Morgan fingerprint density at radius 1 is 0.633 bits per heavy atom. The number of carbonyl (C=O) groups excluding carboxylic acids is 2. The van der Waals surface area contributed by atoms with Crippen LogP contribution in [-0.4, -0.2) is 105 Å². The van der Waals surface area contributed by atoms with Crippen LogP contribution in [0, 0.1) is 0 Å². The van der Waals surface area contributed by atoms with Crippen molar-refractivity contribution < 1.29 is 33.8 Å². The summed E-state index contributed by atoms with van der Waals surface area (Å²) in [6.07, 6.45) is 0. The number of aromatic hydroxyl groups is 1. The highest BCUT2D eigenvalue weighted by atomic mass is 32.1. The van der Waals surface area contributed by atoms with Gasteiger partial charge in [0.05, 0.1) is 28.9 Å². The molecule has 0 saturated carbocycles. The first-order valence-electron chi connectivity index (χ1n) is 19.9. The average Bonchev–Trinajstić information content (AvgIpc) is 3.94. The molecule has 60 heavy (non-hydrogen) atoms. The van der Waals surface area contributed by atoms with E-state index in [1.165, 1.54) is 22.7 Å². The summed E-state index contributed by atoms with van der Waals surface area (Å²) in [4.78, 5) is 36.9. The lowest BCUT2D eigenvalue weighted by atomic mass is 9.74. The lowest BCUT2D eigenvalue weighted by Gasteiger charge is -2.36. The molecule has 0 unspecified atom stereocenters. The molecule has 0 radical (unpaired) electrons. The van der Waals surface area contributed by atoms with Gasteiger partial charge in [0.2, 0.25) is 0 Å². The van der Waals surface area contributed by atoms with Gasteiger partial charge in [-0.25, -0.2) is 0 Å². The number of piperazine rings is 2. The zero-order valence-corrected chi connectivity index (χ0v) is 34.9. The minimum absolute atomic E-state index is 0.0133. The van der Waals surface area contributed by atoms with E-state index in [1.807, 2.05) is 101 Å². The molecule has 2 N–H and O–H groups in total. The Morgan fingerprint density at radius 2 is 1.15 bits per heavy atom. The van der Waals surface area contributed by atoms with Gasteiger partial charge < -0.3 is 43.9 Å². The van der Waals surface area contributed by atoms with Crippen LogP contribution in [0.15, 0.2) is 115 Å². The molecule has 2 amide bonds. The van der Waals surface area contributed by atoms with Crippen LogP contribution in [0.2, 0.25) is 0 Å². The highest BCUT2D eigenvalue weighted by Crippen LogP contribution is 2.41. The van der Waals surface area contributed by atoms with Crippen molar-refractivity contribution in [3.8, 4) is 33.4 Å². The second kappa shape index (κ2) is 16.8. The predicted molar refractivity (Wildman–Crippen MR) is 241 cm³/mol. The number of rotatable bonds is 6. The molecule has 2 fully saturated rings. The predicted octanol–water partition coefficient (Wildman–Crippen LogP) is 7.20. The number of benzene rings is 5. The Hall–Kier alpha value is -6.22. The topological polar surface area (TPSA) is 115 Å². The van der Waals surface area contributed by atoms with E-state index in [1.54, 1.807) is 26.4 Å². The first kappa shape index (κ1) is 39.3. The van der Waals surface area contributed by atoms with Crippen LogP contribution >= 0.6 is 22.7 Å². The van der Waals surface area contributed by atoms with E-state index < -0.39 is 7.12 Å². The minimum atomic E-state index is -1.00. The number of thiophene rings is 2. The summed E-state index contributed by atoms with van der Waals surface area (Å²) < 4.78 is 17.1. The van der Waals surface area contributed by atoms with Crippen LogP contribution in [0.3, 0.4) is 0 Å². The number of methoxy groups -OCH3 is 2. The Labute approximate surface area is 356 Å². The van der Waals surface area contributed by atoms with E-state index in [0.717, 1.165) is 90.7 Å². The van der Waals surface area contributed by atoms with E-state index in [0.29, 0.717) is 36.8 Å². The van der Waals surface area contributed by atoms with E-state index >= 15 is 0 Å². The Balaban J connectivity index is 0.000000154. The maximum Gasteiger partial charge on any atom is 0.560 e. The van der Waals surface area contributed by atoms with E-state index in [-0.39, 0.29) is 17.6 Å². The van der Waals surface area contributed by atoms with Crippen molar-refractivity contribution in [1.29, 1.82) is 0 Å². The highest BCUT2D eigenvalue weighted by molar-refractivity contribution is 7.21. The van der Waals surface area contributed by atoms with E-state index in [4.69, 9.17) is 14.1 Å². The zero-order valence-electron chi connectivity index (χ0n) is 33.2. The number of hydrogen-bond donors (Lipinski definition) is 2. The van der Waals surface area contributed by atoms with E-state index in [2.05, 4.69) is 21.9 Å². The van der Waals surface area contributed by atoms with Gasteiger partial charge in [-0.3, -0.25) is 9.59 Å². The normalized spacial score (nSPS) is 14.9. The fourth-order valence-corrected chi connectivity index (χ4v) is 10.3. The van der Waals surface area contributed by atoms with Crippen LogP contribution in [0.5, 0.6) is 23.0 Å². The summed E-state index contributed by atoms with van der Waals surface area (Å²) in [6, 6.07) is 36.8. The maximum atomic E-state index is 13.2. The summed E-state index contributed by atoms with van der Waals surface area (Å²) in [7, 11) is 2.32. The molecule has 2 aromatic heterocycles. The van der Waals surface area contributed by atoms with Crippen molar-refractivity contribution in [2.45, 2.75) is 0 Å². The lowest BCUT2D eigenvalue weighted by molar-refractivity contribution is 0.0744. The van der Waals surface area contributed by atoms with Gasteiger partial charge in [-0.15, -0.1) is 22.7 Å². The first-order valence-corrected chi connectivity index (χ1v) is 21.5. The number of anilines is 2. The number of hydrogen-bond acceptors (Lipinski definition) is 11. The third-order valence-corrected chi connectivity index (χ3v) is 13.6. The standard InChI is InChI=1S/C24H22N2O3S.C22H21BN2O4S/c1-29-18-8-6-17(7-9-18)25-10-12-26(13-11-25)24(28)22-15-16-14-21(27)19-4-2-3-5-20(19)23(16)30-22;1-28-16-8-6-15(7-9-16)24-10-12-25(13-11-24)22(26)20-14-19-21(30-20)17-4-2-3-5-18(17)23(27)29-19/h2-9,14-15,27H,10-13H2,1H3;2-9,14,27H,10-13H2,1H3. The lowest BCUT2D eigenvalue weighted by Crippen LogP contribution is -2.48. The molecule has 3 aliphatic rings. The van der Waals surface area contributed by atoms with Gasteiger partial charge in [0, 0.05) is 90.7 Å². The second-order valence-corrected chi connectivity index (χ2v) is 16.9. The quantitative estimate of drug-likeness (QED) is 0.168. The molecule has 0 atom stereocenters. The molecule has 3 aliphatic heterocycles. The fourth-order valence-electron chi connectivity index (χ4n) is 8.05. The molecule has 0 bridgehead atoms. The van der Waals surface area contributed by atoms with E-state index in [9.17, 15) is 19.7 Å². The molecule has 0 aliphatic carbocycles. The minimum Gasteiger partial charge on any atom is -0.531 e. The maximum absolute atomic E-state index is 13.2. The number of phenols is 1. The van der Waals surface area contributed by atoms with Crippen LogP contribution in [0.4, 0.5) is 11.4 Å². The number of carbonyl (C=O) groups is 2. The van der Waals surface area contributed by atoms with Crippen molar-refractivity contribution in [2.24, 2.45) is 0 Å². The molecule has 7 aromatic rings. The van der Waals surface area contributed by atoms with Gasteiger partial charge in [-0.1, -0.05) is 48.5 Å². The molecule has 5 aromatic carbocycles. The Kier molecular flexibility index (Phi) is 11.0. The number of nitrogens with zero attached hydrogens (tertiary/aromatic N) is 4. The summed E-state index contributed by atoms with van der Waals surface area (Å²) >= 11 is 2.94. The van der Waals surface area contributed by atoms with Crippen LogP contribution < -0.4 is 29.4 Å². The second-order valence-electron chi connectivity index (χ2n) is 14.8.